The van der Waals surface area contributed by atoms with Crippen LogP contribution in [0.2, 0.25) is 0 Å². The van der Waals surface area contributed by atoms with Crippen molar-refractivity contribution in [2.45, 2.75) is 19.8 Å². The van der Waals surface area contributed by atoms with E-state index in [9.17, 15) is 8.42 Å². The van der Waals surface area contributed by atoms with Gasteiger partial charge in [-0.1, -0.05) is 6.07 Å². The number of piperidine rings is 1. The molecule has 0 aliphatic carbocycles. The standard InChI is InChI=1S/C13H20BrN3O2S/c1-10-2-3-13(12(14)8-10)16-20(18,19)17-6-4-11(9-15)5-7-17/h2-3,8,11,16H,4-7,9,15H2,1H3. The Hall–Kier alpha value is -0.630. The summed E-state index contributed by atoms with van der Waals surface area (Å²) in [7, 11) is -3.49. The number of hydrogen-bond acceptors (Lipinski definition) is 3. The van der Waals surface area contributed by atoms with E-state index >= 15 is 0 Å². The molecule has 112 valence electrons. The molecule has 1 fully saturated rings. The second-order valence-electron chi connectivity index (χ2n) is 5.17. The van der Waals surface area contributed by atoms with Crippen LogP contribution in [-0.4, -0.2) is 32.4 Å². The van der Waals surface area contributed by atoms with E-state index in [-0.39, 0.29) is 0 Å². The van der Waals surface area contributed by atoms with Crippen LogP contribution in [-0.2, 0) is 10.2 Å². The van der Waals surface area contributed by atoms with Crippen molar-refractivity contribution in [2.24, 2.45) is 11.7 Å². The molecule has 1 aromatic rings. The molecule has 3 N–H and O–H groups in total. The van der Waals surface area contributed by atoms with Crippen LogP contribution < -0.4 is 10.5 Å². The molecule has 1 aromatic carbocycles. The van der Waals surface area contributed by atoms with Crippen LogP contribution in [0.25, 0.3) is 0 Å². The van der Waals surface area contributed by atoms with E-state index in [2.05, 4.69) is 20.7 Å². The molecule has 0 amide bonds. The van der Waals surface area contributed by atoms with Crippen molar-refractivity contribution < 1.29 is 8.42 Å². The molecule has 0 bridgehead atoms. The van der Waals surface area contributed by atoms with Gasteiger partial charge in [-0.2, -0.15) is 12.7 Å². The summed E-state index contributed by atoms with van der Waals surface area (Å²) in [6, 6.07) is 5.53. The third-order valence-electron chi connectivity index (χ3n) is 3.61. The quantitative estimate of drug-likeness (QED) is 0.861. The van der Waals surface area contributed by atoms with E-state index in [1.165, 1.54) is 4.31 Å². The maximum Gasteiger partial charge on any atom is 0.301 e. The maximum absolute atomic E-state index is 12.3. The van der Waals surface area contributed by atoms with E-state index in [0.717, 1.165) is 22.9 Å². The van der Waals surface area contributed by atoms with E-state index in [1.807, 2.05) is 19.1 Å². The average Bonchev–Trinajstić information content (AvgIpc) is 2.42. The Morgan fingerprint density at radius 2 is 2.05 bits per heavy atom. The Morgan fingerprint density at radius 1 is 1.40 bits per heavy atom. The van der Waals surface area contributed by atoms with Crippen molar-refractivity contribution >= 4 is 31.8 Å². The van der Waals surface area contributed by atoms with Crippen molar-refractivity contribution in [3.05, 3.63) is 28.2 Å². The minimum absolute atomic E-state index is 0.438. The summed E-state index contributed by atoms with van der Waals surface area (Å²) in [6.45, 7) is 3.65. The van der Waals surface area contributed by atoms with Gasteiger partial charge in [0.05, 0.1) is 5.69 Å². The van der Waals surface area contributed by atoms with E-state index in [4.69, 9.17) is 5.73 Å². The third kappa shape index (κ3) is 3.72. The van der Waals surface area contributed by atoms with Crippen LogP contribution in [0.15, 0.2) is 22.7 Å². The Balaban J connectivity index is 2.08. The number of hydrogen-bond donors (Lipinski definition) is 2. The summed E-state index contributed by atoms with van der Waals surface area (Å²) in [5, 5.41) is 0. The van der Waals surface area contributed by atoms with Gasteiger partial charge >= 0.3 is 10.2 Å². The molecule has 0 spiro atoms. The lowest BCUT2D eigenvalue weighted by molar-refractivity contribution is 0.280. The molecule has 20 heavy (non-hydrogen) atoms. The largest absolute Gasteiger partial charge is 0.330 e. The Bertz CT molecular complexity index is 569. The smallest absolute Gasteiger partial charge is 0.301 e. The summed E-state index contributed by atoms with van der Waals surface area (Å²) in [6.07, 6.45) is 1.65. The number of nitrogens with zero attached hydrogens (tertiary/aromatic N) is 1. The normalized spacial score (nSPS) is 18.1. The molecule has 1 aliphatic rings. The van der Waals surface area contributed by atoms with E-state index in [1.54, 1.807) is 6.07 Å². The molecule has 0 aromatic heterocycles. The van der Waals surface area contributed by atoms with Gasteiger partial charge in [0.1, 0.15) is 0 Å². The molecule has 0 unspecified atom stereocenters. The van der Waals surface area contributed by atoms with Crippen LogP contribution in [0.4, 0.5) is 5.69 Å². The lowest BCUT2D eigenvalue weighted by Gasteiger charge is -2.30. The van der Waals surface area contributed by atoms with Gasteiger partial charge in [-0.25, -0.2) is 0 Å². The Labute approximate surface area is 128 Å². The van der Waals surface area contributed by atoms with Gasteiger partial charge in [-0.05, 0) is 65.9 Å². The number of nitrogens with two attached hydrogens (primary N) is 1. The summed E-state index contributed by atoms with van der Waals surface area (Å²) >= 11 is 3.38. The highest BCUT2D eigenvalue weighted by atomic mass is 79.9. The van der Waals surface area contributed by atoms with Crippen LogP contribution >= 0.6 is 15.9 Å². The molecule has 0 radical (unpaired) electrons. The van der Waals surface area contributed by atoms with Gasteiger partial charge in [0.2, 0.25) is 0 Å². The molecule has 0 saturated carbocycles. The fourth-order valence-corrected chi connectivity index (χ4v) is 4.29. The van der Waals surface area contributed by atoms with Gasteiger partial charge in [-0.15, -0.1) is 0 Å². The van der Waals surface area contributed by atoms with Gasteiger partial charge in [0.25, 0.3) is 0 Å². The number of aryl methyl sites for hydroxylation is 1. The molecular weight excluding hydrogens is 342 g/mol. The molecule has 1 aliphatic heterocycles. The molecule has 7 heteroatoms. The summed E-state index contributed by atoms with van der Waals surface area (Å²) in [4.78, 5) is 0. The molecule has 5 nitrogen and oxygen atoms in total. The topological polar surface area (TPSA) is 75.4 Å². The monoisotopic (exact) mass is 361 g/mol. The highest BCUT2D eigenvalue weighted by Crippen LogP contribution is 2.26. The zero-order valence-corrected chi connectivity index (χ0v) is 13.9. The van der Waals surface area contributed by atoms with E-state index < -0.39 is 10.2 Å². The number of rotatable bonds is 4. The molecule has 0 atom stereocenters. The fraction of sp³-hybridized carbons (Fsp3) is 0.538. The number of nitrogens with one attached hydrogen (secondary N) is 1. The zero-order chi connectivity index (χ0) is 14.8. The second kappa shape index (κ2) is 6.43. The van der Waals surface area contributed by atoms with Crippen LogP contribution in [0, 0.1) is 12.8 Å². The average molecular weight is 362 g/mol. The first kappa shape index (κ1) is 15.8. The van der Waals surface area contributed by atoms with Gasteiger partial charge < -0.3 is 5.73 Å². The second-order valence-corrected chi connectivity index (χ2v) is 7.69. The highest BCUT2D eigenvalue weighted by Gasteiger charge is 2.27. The maximum atomic E-state index is 12.3. The summed E-state index contributed by atoms with van der Waals surface area (Å²) in [5.74, 6) is 0.438. The minimum atomic E-state index is -3.49. The molecule has 1 saturated heterocycles. The number of anilines is 1. The number of benzene rings is 1. The SMILES string of the molecule is Cc1ccc(NS(=O)(=O)N2CCC(CN)CC2)c(Br)c1. The van der Waals surface area contributed by atoms with Crippen molar-refractivity contribution in [3.8, 4) is 0 Å². The van der Waals surface area contributed by atoms with Crippen molar-refractivity contribution in [3.63, 3.8) is 0 Å². The first-order valence-corrected chi connectivity index (χ1v) is 8.90. The number of halogens is 1. The van der Waals surface area contributed by atoms with Gasteiger partial charge in [0, 0.05) is 17.6 Å². The van der Waals surface area contributed by atoms with Gasteiger partial charge in [-0.3, -0.25) is 4.72 Å². The Kier molecular flexibility index (Phi) is 5.06. The predicted molar refractivity (Wildman–Crippen MR) is 84.8 cm³/mol. The lowest BCUT2D eigenvalue weighted by Crippen LogP contribution is -2.42. The molecule has 2 rings (SSSR count). The predicted octanol–water partition coefficient (Wildman–Crippen LogP) is 2.08. The first-order chi connectivity index (χ1) is 9.42. The Morgan fingerprint density at radius 3 is 2.60 bits per heavy atom. The summed E-state index contributed by atoms with van der Waals surface area (Å²) in [5.41, 5.74) is 7.26. The molecule has 1 heterocycles. The fourth-order valence-electron chi connectivity index (χ4n) is 2.29. The van der Waals surface area contributed by atoms with Crippen LogP contribution in [0.5, 0.6) is 0 Å². The van der Waals surface area contributed by atoms with E-state index in [0.29, 0.717) is 31.2 Å². The van der Waals surface area contributed by atoms with Crippen molar-refractivity contribution in [2.75, 3.05) is 24.4 Å². The molecular formula is C13H20BrN3O2S. The summed E-state index contributed by atoms with van der Waals surface area (Å²) < 4.78 is 29.6. The first-order valence-electron chi connectivity index (χ1n) is 6.66. The van der Waals surface area contributed by atoms with Gasteiger partial charge in [0.15, 0.2) is 0 Å². The van der Waals surface area contributed by atoms with Crippen LogP contribution in [0.3, 0.4) is 0 Å². The van der Waals surface area contributed by atoms with Crippen molar-refractivity contribution in [1.82, 2.24) is 4.31 Å². The third-order valence-corrected chi connectivity index (χ3v) is 5.79. The van der Waals surface area contributed by atoms with Crippen LogP contribution in [0.1, 0.15) is 18.4 Å². The lowest BCUT2D eigenvalue weighted by atomic mass is 9.99. The van der Waals surface area contributed by atoms with Crippen molar-refractivity contribution in [1.29, 1.82) is 0 Å². The minimum Gasteiger partial charge on any atom is -0.330 e. The highest BCUT2D eigenvalue weighted by molar-refractivity contribution is 9.10. The zero-order valence-electron chi connectivity index (χ0n) is 11.5.